The Morgan fingerprint density at radius 1 is 1.44 bits per heavy atom. The summed E-state index contributed by atoms with van der Waals surface area (Å²) in [6, 6.07) is 5.59. The van der Waals surface area contributed by atoms with Crippen LogP contribution in [0.5, 0.6) is 0 Å². The molecule has 0 amide bonds. The minimum atomic E-state index is 0.249. The molecule has 0 radical (unpaired) electrons. The van der Waals surface area contributed by atoms with E-state index in [0.29, 0.717) is 0 Å². The van der Waals surface area contributed by atoms with E-state index >= 15 is 0 Å². The summed E-state index contributed by atoms with van der Waals surface area (Å²) >= 11 is 13.8. The predicted molar refractivity (Wildman–Crippen MR) is 81.1 cm³/mol. The average molecular weight is 305 g/mol. The quantitative estimate of drug-likeness (QED) is 0.644. The average Bonchev–Trinajstić information content (AvgIpc) is 2.76. The topological polar surface area (TPSA) is 24.1 Å². The fourth-order valence-corrected chi connectivity index (χ4v) is 3.43. The number of hydrogen-bond acceptors (Lipinski definition) is 3. The van der Waals surface area contributed by atoms with Gasteiger partial charge in [-0.05, 0) is 38.1 Å². The van der Waals surface area contributed by atoms with Crippen LogP contribution >= 0.6 is 35.0 Å². The van der Waals surface area contributed by atoms with Crippen molar-refractivity contribution in [1.29, 1.82) is 0 Å². The lowest BCUT2D eigenvalue weighted by molar-refractivity contribution is 0.400. The van der Waals surface area contributed by atoms with Gasteiger partial charge in [0.1, 0.15) is 0 Å². The number of halogens is 2. The first kappa shape index (κ1) is 14.5. The van der Waals surface area contributed by atoms with Crippen LogP contribution in [-0.2, 0) is 0 Å². The first-order chi connectivity index (χ1) is 8.59. The third-order valence-corrected chi connectivity index (χ3v) is 4.91. The van der Waals surface area contributed by atoms with Crippen LogP contribution in [0.1, 0.15) is 13.3 Å². The molecule has 1 aromatic carbocycles. The van der Waals surface area contributed by atoms with Gasteiger partial charge in [-0.1, -0.05) is 23.2 Å². The summed E-state index contributed by atoms with van der Waals surface area (Å²) < 4.78 is 0. The van der Waals surface area contributed by atoms with Gasteiger partial charge in [0.05, 0.1) is 5.02 Å². The molecular weight excluding hydrogens is 287 g/mol. The summed E-state index contributed by atoms with van der Waals surface area (Å²) in [6.45, 7) is 5.40. The number of thioether (sulfide) groups is 1. The molecule has 1 heterocycles. The lowest BCUT2D eigenvalue weighted by atomic mass is 10.0. The van der Waals surface area contributed by atoms with Crippen LogP contribution in [0.2, 0.25) is 10.0 Å². The highest BCUT2D eigenvalue weighted by atomic mass is 35.5. The minimum Gasteiger partial charge on any atom is -0.315 e. The molecule has 0 aromatic heterocycles. The van der Waals surface area contributed by atoms with Crippen LogP contribution < -0.4 is 10.6 Å². The maximum atomic E-state index is 6.12. The Kier molecular flexibility index (Phi) is 5.22. The SMILES string of the molecule is CC1(NCCSc2cc(Cl)ccc2Cl)CCNC1. The Morgan fingerprint density at radius 3 is 3.00 bits per heavy atom. The van der Waals surface area contributed by atoms with Crippen molar-refractivity contribution < 1.29 is 0 Å². The van der Waals surface area contributed by atoms with Crippen molar-refractivity contribution in [2.75, 3.05) is 25.4 Å². The summed E-state index contributed by atoms with van der Waals surface area (Å²) in [5.41, 5.74) is 0.249. The van der Waals surface area contributed by atoms with E-state index in [1.165, 1.54) is 6.42 Å². The second-order valence-electron chi connectivity index (χ2n) is 4.84. The molecule has 2 nitrogen and oxygen atoms in total. The smallest absolute Gasteiger partial charge is 0.0542 e. The van der Waals surface area contributed by atoms with Gasteiger partial charge in [-0.3, -0.25) is 0 Å². The molecule has 1 fully saturated rings. The van der Waals surface area contributed by atoms with Crippen molar-refractivity contribution in [3.63, 3.8) is 0 Å². The Balaban J connectivity index is 1.76. The molecule has 1 aliphatic heterocycles. The van der Waals surface area contributed by atoms with Gasteiger partial charge < -0.3 is 10.6 Å². The van der Waals surface area contributed by atoms with E-state index in [0.717, 1.165) is 40.3 Å². The highest BCUT2D eigenvalue weighted by Crippen LogP contribution is 2.29. The van der Waals surface area contributed by atoms with Crippen LogP contribution in [-0.4, -0.2) is 30.9 Å². The van der Waals surface area contributed by atoms with E-state index in [1.807, 2.05) is 18.2 Å². The van der Waals surface area contributed by atoms with Gasteiger partial charge >= 0.3 is 0 Å². The monoisotopic (exact) mass is 304 g/mol. The van der Waals surface area contributed by atoms with Gasteiger partial charge in [-0.15, -0.1) is 11.8 Å². The molecular formula is C13H18Cl2N2S. The van der Waals surface area contributed by atoms with Crippen molar-refractivity contribution >= 4 is 35.0 Å². The zero-order valence-electron chi connectivity index (χ0n) is 10.4. The van der Waals surface area contributed by atoms with Crippen molar-refractivity contribution in [2.24, 2.45) is 0 Å². The second kappa shape index (κ2) is 6.49. The molecule has 1 saturated heterocycles. The van der Waals surface area contributed by atoms with E-state index in [4.69, 9.17) is 23.2 Å². The van der Waals surface area contributed by atoms with Crippen molar-refractivity contribution in [3.8, 4) is 0 Å². The lowest BCUT2D eigenvalue weighted by Gasteiger charge is -2.24. The summed E-state index contributed by atoms with van der Waals surface area (Å²) in [4.78, 5) is 1.06. The second-order valence-corrected chi connectivity index (χ2v) is 6.82. The Labute approximate surface area is 123 Å². The highest BCUT2D eigenvalue weighted by Gasteiger charge is 2.27. The van der Waals surface area contributed by atoms with Gasteiger partial charge in [0.2, 0.25) is 0 Å². The number of benzene rings is 1. The Bertz CT molecular complexity index is 406. The molecule has 100 valence electrons. The maximum Gasteiger partial charge on any atom is 0.0542 e. The molecule has 1 aliphatic rings. The predicted octanol–water partition coefficient (Wildman–Crippen LogP) is 3.43. The van der Waals surface area contributed by atoms with Gasteiger partial charge in [0.15, 0.2) is 0 Å². The van der Waals surface area contributed by atoms with Crippen LogP contribution in [0.3, 0.4) is 0 Å². The zero-order chi connectivity index (χ0) is 13.0. The van der Waals surface area contributed by atoms with E-state index in [-0.39, 0.29) is 5.54 Å². The van der Waals surface area contributed by atoms with E-state index < -0.39 is 0 Å². The van der Waals surface area contributed by atoms with Crippen LogP contribution in [0.25, 0.3) is 0 Å². The van der Waals surface area contributed by atoms with Gasteiger partial charge in [-0.2, -0.15) is 0 Å². The molecule has 1 atom stereocenters. The molecule has 0 spiro atoms. The molecule has 0 aliphatic carbocycles. The summed E-state index contributed by atoms with van der Waals surface area (Å²) in [5.74, 6) is 0.996. The third kappa shape index (κ3) is 4.04. The molecule has 18 heavy (non-hydrogen) atoms. The Hall–Kier alpha value is 0.0700. The van der Waals surface area contributed by atoms with Gasteiger partial charge in [-0.25, -0.2) is 0 Å². The van der Waals surface area contributed by atoms with Gasteiger partial charge in [0, 0.05) is 34.3 Å². The summed E-state index contributed by atoms with van der Waals surface area (Å²) in [6.07, 6.45) is 1.19. The van der Waals surface area contributed by atoms with Crippen molar-refractivity contribution in [2.45, 2.75) is 23.8 Å². The highest BCUT2D eigenvalue weighted by molar-refractivity contribution is 7.99. The molecule has 2 N–H and O–H groups in total. The van der Waals surface area contributed by atoms with Crippen LogP contribution in [0, 0.1) is 0 Å². The first-order valence-electron chi connectivity index (χ1n) is 6.13. The van der Waals surface area contributed by atoms with E-state index in [1.54, 1.807) is 11.8 Å². The molecule has 2 rings (SSSR count). The largest absolute Gasteiger partial charge is 0.315 e. The number of nitrogens with one attached hydrogen (secondary N) is 2. The molecule has 0 saturated carbocycles. The lowest BCUT2D eigenvalue weighted by Crippen LogP contribution is -2.45. The summed E-state index contributed by atoms with van der Waals surface area (Å²) in [5, 5.41) is 8.50. The summed E-state index contributed by atoms with van der Waals surface area (Å²) in [7, 11) is 0. The molecule has 0 bridgehead atoms. The van der Waals surface area contributed by atoms with E-state index in [2.05, 4.69) is 17.6 Å². The fourth-order valence-electron chi connectivity index (χ4n) is 2.07. The molecule has 5 heteroatoms. The fraction of sp³-hybridized carbons (Fsp3) is 0.538. The third-order valence-electron chi connectivity index (χ3n) is 3.17. The van der Waals surface area contributed by atoms with Gasteiger partial charge in [0.25, 0.3) is 0 Å². The maximum absolute atomic E-state index is 6.12. The molecule has 1 aromatic rings. The van der Waals surface area contributed by atoms with Crippen molar-refractivity contribution in [3.05, 3.63) is 28.2 Å². The van der Waals surface area contributed by atoms with Crippen molar-refractivity contribution in [1.82, 2.24) is 10.6 Å². The zero-order valence-corrected chi connectivity index (χ0v) is 12.8. The van der Waals surface area contributed by atoms with Crippen LogP contribution in [0.4, 0.5) is 0 Å². The standard InChI is InChI=1S/C13H18Cl2N2S/c1-13(4-5-16-9-13)17-6-7-18-12-8-10(14)2-3-11(12)15/h2-3,8,16-17H,4-7,9H2,1H3. The number of rotatable bonds is 5. The number of hydrogen-bond donors (Lipinski definition) is 2. The first-order valence-corrected chi connectivity index (χ1v) is 7.87. The molecule has 1 unspecified atom stereocenters. The van der Waals surface area contributed by atoms with E-state index in [9.17, 15) is 0 Å². The minimum absolute atomic E-state index is 0.249. The Morgan fingerprint density at radius 2 is 2.28 bits per heavy atom. The normalized spacial score (nSPS) is 23.5. The van der Waals surface area contributed by atoms with Crippen LogP contribution in [0.15, 0.2) is 23.1 Å².